The fraction of sp³-hybridized carbons (Fsp3) is 0.429. The van der Waals surface area contributed by atoms with Crippen molar-refractivity contribution in [3.8, 4) is 22.8 Å². The van der Waals surface area contributed by atoms with Crippen molar-refractivity contribution in [2.24, 2.45) is 0 Å². The first-order valence-corrected chi connectivity index (χ1v) is 15.2. The van der Waals surface area contributed by atoms with Gasteiger partial charge in [0.25, 0.3) is 0 Å². The molecule has 2 aromatic carbocycles. The van der Waals surface area contributed by atoms with Crippen LogP contribution >= 0.6 is 19.3 Å². The van der Waals surface area contributed by atoms with E-state index in [1.54, 1.807) is 38.1 Å². The number of carbonyl (C=O) groups excluding carboxylic acids is 1. The number of nitrogens with zero attached hydrogens (tertiary/aromatic N) is 1. The van der Waals surface area contributed by atoms with Crippen LogP contribution in [-0.2, 0) is 18.6 Å². The highest BCUT2D eigenvalue weighted by Crippen LogP contribution is 2.51. The molecule has 4 rings (SSSR count). The first-order chi connectivity index (χ1) is 19.5. The van der Waals surface area contributed by atoms with E-state index >= 15 is 0 Å². The topological polar surface area (TPSA) is 148 Å². The Morgan fingerprint density at radius 1 is 1.27 bits per heavy atom. The van der Waals surface area contributed by atoms with Crippen LogP contribution in [0, 0.1) is 0 Å². The molecule has 2 heterocycles. The lowest BCUT2D eigenvalue weighted by atomic mass is 9.85. The van der Waals surface area contributed by atoms with E-state index in [0.29, 0.717) is 30.1 Å². The summed E-state index contributed by atoms with van der Waals surface area (Å²) < 4.78 is 36.5. The van der Waals surface area contributed by atoms with E-state index in [1.807, 2.05) is 11.9 Å². The number of fused-ring (bicyclic) bond motifs is 1. The molecule has 1 unspecified atom stereocenters. The van der Waals surface area contributed by atoms with Crippen molar-refractivity contribution < 1.29 is 37.8 Å². The number of benzene rings is 2. The molecule has 0 amide bonds. The highest BCUT2D eigenvalue weighted by atomic mass is 35.5. The molecular weight excluding hydrogens is 575 g/mol. The predicted octanol–water partition coefficient (Wildman–Crippen LogP) is 4.66. The van der Waals surface area contributed by atoms with Gasteiger partial charge in [-0.15, -0.1) is 0 Å². The average molecular weight is 609 g/mol. The zero-order valence-corrected chi connectivity index (χ0v) is 24.9. The number of ether oxygens (including phenoxy) is 1. The van der Waals surface area contributed by atoms with Gasteiger partial charge in [0, 0.05) is 35.7 Å². The molecule has 3 N–H and O–H groups in total. The lowest BCUT2D eigenvalue weighted by Crippen LogP contribution is -2.40. The highest BCUT2D eigenvalue weighted by Gasteiger charge is 2.38. The van der Waals surface area contributed by atoms with Gasteiger partial charge in [-0.2, -0.15) is 5.09 Å². The highest BCUT2D eigenvalue weighted by molar-refractivity contribution is 7.52. The van der Waals surface area contributed by atoms with Crippen molar-refractivity contribution in [1.29, 1.82) is 0 Å². The fourth-order valence-electron chi connectivity index (χ4n) is 4.91. The summed E-state index contributed by atoms with van der Waals surface area (Å²) in [5, 5.41) is 24.9. The number of β-amino-alcohol motifs (C(OH)–C–C–N with tert-alkyl or cyclic N) is 1. The number of phenolic OH excluding ortho intramolecular Hbond substituents is 1. The van der Waals surface area contributed by atoms with Gasteiger partial charge in [-0.3, -0.25) is 14.1 Å². The molecule has 1 fully saturated rings. The summed E-state index contributed by atoms with van der Waals surface area (Å²) in [6, 6.07) is 8.11. The number of esters is 1. The minimum Gasteiger partial charge on any atom is -0.507 e. The SMILES string of the molecule is CCOC(=O)[C@H](C)NP(=O)(OCC)Oc1cc(O)c2c(=O)cc(-c3ccccc3Cl)oc2c1[C@H]1CCN(C)C[C@H]1O. The molecule has 0 saturated carbocycles. The zero-order valence-electron chi connectivity index (χ0n) is 23.3. The number of hydrogen-bond acceptors (Lipinski definition) is 10. The summed E-state index contributed by atoms with van der Waals surface area (Å²) in [5.41, 5.74) is 0.0853. The summed E-state index contributed by atoms with van der Waals surface area (Å²) in [5.74, 6) is -1.79. The molecule has 0 aliphatic carbocycles. The van der Waals surface area contributed by atoms with Gasteiger partial charge in [0.15, 0.2) is 5.43 Å². The Bertz CT molecular complexity index is 1530. The van der Waals surface area contributed by atoms with Gasteiger partial charge in [0.1, 0.15) is 34.3 Å². The number of carbonyl (C=O) groups is 1. The molecule has 41 heavy (non-hydrogen) atoms. The maximum atomic E-state index is 13.9. The number of likely N-dealkylation sites (tertiary alicyclic amines) is 1. The predicted molar refractivity (Wildman–Crippen MR) is 155 cm³/mol. The number of aromatic hydroxyl groups is 1. The van der Waals surface area contributed by atoms with Crippen molar-refractivity contribution in [2.45, 2.75) is 45.3 Å². The number of aliphatic hydroxyl groups is 1. The van der Waals surface area contributed by atoms with Crippen LogP contribution in [0.5, 0.6) is 11.5 Å². The summed E-state index contributed by atoms with van der Waals surface area (Å²) in [6.07, 6.45) is -0.490. The molecule has 0 spiro atoms. The second-order valence-electron chi connectivity index (χ2n) is 9.80. The van der Waals surface area contributed by atoms with E-state index in [2.05, 4.69) is 5.09 Å². The Labute approximate surface area is 242 Å². The van der Waals surface area contributed by atoms with E-state index in [9.17, 15) is 24.4 Å². The van der Waals surface area contributed by atoms with Crippen LogP contribution in [0.15, 0.2) is 45.6 Å². The van der Waals surface area contributed by atoms with E-state index in [1.165, 1.54) is 13.0 Å². The molecule has 1 aromatic heterocycles. The Hall–Kier alpha value is -2.92. The van der Waals surface area contributed by atoms with E-state index in [0.717, 1.165) is 6.07 Å². The van der Waals surface area contributed by atoms with Gasteiger partial charge >= 0.3 is 13.7 Å². The third-order valence-electron chi connectivity index (χ3n) is 6.79. The van der Waals surface area contributed by atoms with Gasteiger partial charge in [-0.05, 0) is 52.9 Å². The second kappa shape index (κ2) is 12.9. The Morgan fingerprint density at radius 2 is 2.00 bits per heavy atom. The molecule has 0 radical (unpaired) electrons. The average Bonchev–Trinajstić information content (AvgIpc) is 2.89. The van der Waals surface area contributed by atoms with Crippen LogP contribution in [-0.4, -0.2) is 66.6 Å². The monoisotopic (exact) mass is 608 g/mol. The number of phenols is 1. The molecule has 4 atom stereocenters. The third kappa shape index (κ3) is 6.77. The lowest BCUT2D eigenvalue weighted by molar-refractivity contribution is -0.144. The first kappa shape index (κ1) is 31.0. The number of piperidine rings is 1. The molecule has 1 saturated heterocycles. The molecule has 3 aromatic rings. The maximum absolute atomic E-state index is 13.9. The van der Waals surface area contributed by atoms with Crippen LogP contribution in [0.1, 0.15) is 38.7 Å². The zero-order chi connectivity index (χ0) is 29.9. The molecule has 1 aliphatic rings. The second-order valence-corrected chi connectivity index (χ2v) is 11.9. The Kier molecular flexibility index (Phi) is 9.79. The van der Waals surface area contributed by atoms with Crippen LogP contribution < -0.4 is 15.0 Å². The van der Waals surface area contributed by atoms with Gasteiger partial charge in [0.05, 0.1) is 24.3 Å². The molecule has 1 aliphatic heterocycles. The molecule has 222 valence electrons. The minimum atomic E-state index is -4.27. The maximum Gasteiger partial charge on any atom is 0.459 e. The van der Waals surface area contributed by atoms with Gasteiger partial charge < -0.3 is 28.8 Å². The van der Waals surface area contributed by atoms with Gasteiger partial charge in [-0.1, -0.05) is 23.7 Å². The normalized spacial score (nSPS) is 20.0. The molecular formula is C28H34ClN2O9P. The van der Waals surface area contributed by atoms with Crippen molar-refractivity contribution in [1.82, 2.24) is 9.99 Å². The van der Waals surface area contributed by atoms with E-state index in [4.69, 9.17) is 29.8 Å². The molecule has 11 nitrogen and oxygen atoms in total. The number of halogens is 1. The number of hydrogen-bond donors (Lipinski definition) is 3. The van der Waals surface area contributed by atoms with Crippen molar-refractivity contribution in [2.75, 3.05) is 33.4 Å². The third-order valence-corrected chi connectivity index (χ3v) is 8.85. The van der Waals surface area contributed by atoms with Gasteiger partial charge in [-0.25, -0.2) is 4.57 Å². The summed E-state index contributed by atoms with van der Waals surface area (Å²) in [7, 11) is -2.40. The van der Waals surface area contributed by atoms with Crippen LogP contribution in [0.4, 0.5) is 0 Å². The van der Waals surface area contributed by atoms with Crippen molar-refractivity contribution >= 4 is 36.3 Å². The van der Waals surface area contributed by atoms with Crippen LogP contribution in [0.25, 0.3) is 22.3 Å². The summed E-state index contributed by atoms with van der Waals surface area (Å²) in [4.78, 5) is 27.6. The van der Waals surface area contributed by atoms with Gasteiger partial charge in [0.2, 0.25) is 0 Å². The molecule has 13 heteroatoms. The number of nitrogens with one attached hydrogen (secondary N) is 1. The Balaban J connectivity index is 1.94. The minimum absolute atomic E-state index is 0.0440. The quantitative estimate of drug-likeness (QED) is 0.218. The summed E-state index contributed by atoms with van der Waals surface area (Å²) in [6.45, 7) is 5.67. The number of likely N-dealkylation sites (N-methyl/N-ethyl adjacent to an activating group) is 1. The Morgan fingerprint density at radius 3 is 2.66 bits per heavy atom. The fourth-order valence-corrected chi connectivity index (χ4v) is 6.64. The summed E-state index contributed by atoms with van der Waals surface area (Å²) >= 11 is 6.39. The lowest BCUT2D eigenvalue weighted by Gasteiger charge is -2.35. The van der Waals surface area contributed by atoms with Crippen LogP contribution in [0.3, 0.4) is 0 Å². The number of aliphatic hydroxyl groups excluding tert-OH is 1. The van der Waals surface area contributed by atoms with E-state index < -0.39 is 43.0 Å². The largest absolute Gasteiger partial charge is 0.507 e. The first-order valence-electron chi connectivity index (χ1n) is 13.3. The van der Waals surface area contributed by atoms with Crippen LogP contribution in [0.2, 0.25) is 5.02 Å². The number of rotatable bonds is 10. The smallest absolute Gasteiger partial charge is 0.459 e. The van der Waals surface area contributed by atoms with Crippen molar-refractivity contribution in [3.05, 3.63) is 57.2 Å². The van der Waals surface area contributed by atoms with Crippen molar-refractivity contribution in [3.63, 3.8) is 0 Å². The molecule has 0 bridgehead atoms. The van der Waals surface area contributed by atoms with E-state index in [-0.39, 0.29) is 41.3 Å². The standard InChI is InChI=1S/C28H34ClN2O9P/c1-5-37-28(35)16(3)30-41(36,38-6-2)40-24-14-21(33)26-20(32)13-23(17-9-7-8-10-19(17)29)39-27(26)25(24)18-11-12-31(4)15-22(18)34/h7-10,13-14,16,18,22,33-34H,5-6,11-12,15H2,1-4H3,(H,30,36)/t16-,18-,22+,41?/m0/s1.